The zero-order valence-corrected chi connectivity index (χ0v) is 13.3. The molecule has 0 heterocycles. The van der Waals surface area contributed by atoms with Gasteiger partial charge in [0.05, 0.1) is 12.4 Å². The Morgan fingerprint density at radius 1 is 1.28 bits per heavy atom. The molecule has 1 aromatic rings. The van der Waals surface area contributed by atoms with Crippen LogP contribution < -0.4 is 4.74 Å². The molecule has 0 fully saturated rings. The highest BCUT2D eigenvalue weighted by Gasteiger charge is 2.04. The quantitative estimate of drug-likeness (QED) is 0.551. The molecular weight excluding hydrogens is 340 g/mol. The van der Waals surface area contributed by atoms with E-state index >= 15 is 0 Å². The summed E-state index contributed by atoms with van der Waals surface area (Å²) in [5.74, 6) is 0.888. The van der Waals surface area contributed by atoms with Crippen molar-refractivity contribution in [2.45, 2.75) is 26.2 Å². The number of rotatable bonds is 7. The lowest BCUT2D eigenvalue weighted by atomic mass is 10.2. The van der Waals surface area contributed by atoms with Crippen LogP contribution in [0.5, 0.6) is 5.75 Å². The minimum Gasteiger partial charge on any atom is -0.493 e. The van der Waals surface area contributed by atoms with Gasteiger partial charge in [-0.15, -0.1) is 0 Å². The summed E-state index contributed by atoms with van der Waals surface area (Å²) < 4.78 is 28.0. The Bertz CT molecular complexity index is 488. The lowest BCUT2D eigenvalue weighted by Gasteiger charge is -2.09. The Hall–Kier alpha value is -0.260. The van der Waals surface area contributed by atoms with Crippen molar-refractivity contribution < 1.29 is 13.2 Å². The fourth-order valence-electron chi connectivity index (χ4n) is 1.46. The molecule has 18 heavy (non-hydrogen) atoms. The van der Waals surface area contributed by atoms with Gasteiger partial charge in [-0.25, -0.2) is 8.42 Å². The summed E-state index contributed by atoms with van der Waals surface area (Å²) in [7, 11) is 1.77. The topological polar surface area (TPSA) is 43.4 Å². The third-order valence-corrected chi connectivity index (χ3v) is 4.17. The smallest absolute Gasteiger partial charge is 0.232 e. The maximum atomic E-state index is 10.7. The molecule has 102 valence electrons. The first-order chi connectivity index (χ1) is 8.38. The molecule has 0 amide bonds. The fourth-order valence-corrected chi connectivity index (χ4v) is 2.68. The van der Waals surface area contributed by atoms with Crippen LogP contribution in [-0.2, 0) is 9.05 Å². The third kappa shape index (κ3) is 6.61. The van der Waals surface area contributed by atoms with E-state index in [4.69, 9.17) is 15.4 Å². The molecule has 1 rings (SSSR count). The van der Waals surface area contributed by atoms with Crippen LogP contribution in [0.4, 0.5) is 0 Å². The first-order valence-electron chi connectivity index (χ1n) is 5.70. The van der Waals surface area contributed by atoms with E-state index in [0.29, 0.717) is 13.0 Å². The molecule has 0 N–H and O–H groups in total. The van der Waals surface area contributed by atoms with E-state index in [1.165, 1.54) is 0 Å². The Labute approximate surface area is 121 Å². The monoisotopic (exact) mass is 354 g/mol. The third-order valence-electron chi connectivity index (χ3n) is 2.44. The van der Waals surface area contributed by atoms with Crippen LogP contribution in [-0.4, -0.2) is 20.8 Å². The number of aryl methyl sites for hydroxylation is 1. The Balaban J connectivity index is 2.24. The average Bonchev–Trinajstić information content (AvgIpc) is 2.26. The predicted molar refractivity (Wildman–Crippen MR) is 77.9 cm³/mol. The lowest BCUT2D eigenvalue weighted by Crippen LogP contribution is -2.01. The largest absolute Gasteiger partial charge is 0.493 e. The summed E-state index contributed by atoms with van der Waals surface area (Å²) in [5, 5.41) is 0. The molecule has 0 unspecified atom stereocenters. The predicted octanol–water partition coefficient (Wildman–Crippen LogP) is 3.88. The summed E-state index contributed by atoms with van der Waals surface area (Å²) in [6.45, 7) is 2.57. The van der Waals surface area contributed by atoms with Crippen LogP contribution in [0.15, 0.2) is 22.7 Å². The van der Waals surface area contributed by atoms with Crippen molar-refractivity contribution in [3.63, 3.8) is 0 Å². The molecule has 0 radical (unpaired) electrons. The molecule has 0 spiro atoms. The molecule has 0 saturated heterocycles. The summed E-state index contributed by atoms with van der Waals surface area (Å²) in [4.78, 5) is 0. The van der Waals surface area contributed by atoms with E-state index in [1.54, 1.807) is 0 Å². The molecule has 0 atom stereocenters. The minimum atomic E-state index is -3.35. The second-order valence-electron chi connectivity index (χ2n) is 4.06. The molecule has 0 aliphatic heterocycles. The number of benzene rings is 1. The van der Waals surface area contributed by atoms with E-state index in [9.17, 15) is 8.42 Å². The van der Waals surface area contributed by atoms with Gasteiger partial charge in [-0.3, -0.25) is 0 Å². The van der Waals surface area contributed by atoms with Crippen LogP contribution in [0.25, 0.3) is 0 Å². The van der Waals surface area contributed by atoms with E-state index in [2.05, 4.69) is 15.9 Å². The van der Waals surface area contributed by atoms with Crippen molar-refractivity contribution in [3.05, 3.63) is 28.2 Å². The summed E-state index contributed by atoms with van der Waals surface area (Å²) in [6, 6.07) is 5.88. The molecule has 6 heteroatoms. The normalized spacial score (nSPS) is 11.5. The molecule has 0 aliphatic carbocycles. The first-order valence-corrected chi connectivity index (χ1v) is 8.97. The minimum absolute atomic E-state index is 0.0322. The maximum absolute atomic E-state index is 10.7. The standard InChI is InChI=1S/C12H16BrClO3S/c1-10-5-6-11(13)9-12(10)17-7-3-2-4-8-18(14,15)16/h5-6,9H,2-4,7-8H2,1H3. The Morgan fingerprint density at radius 2 is 2.00 bits per heavy atom. The van der Waals surface area contributed by atoms with Crippen molar-refractivity contribution in [1.29, 1.82) is 0 Å². The van der Waals surface area contributed by atoms with Gasteiger partial charge in [0.25, 0.3) is 0 Å². The molecule has 3 nitrogen and oxygen atoms in total. The van der Waals surface area contributed by atoms with Gasteiger partial charge in [0.15, 0.2) is 0 Å². The van der Waals surface area contributed by atoms with E-state index in [-0.39, 0.29) is 5.75 Å². The number of ether oxygens (including phenoxy) is 1. The summed E-state index contributed by atoms with van der Waals surface area (Å²) >= 11 is 3.39. The summed E-state index contributed by atoms with van der Waals surface area (Å²) in [5.41, 5.74) is 1.08. The molecule has 1 aromatic carbocycles. The van der Waals surface area contributed by atoms with Gasteiger partial charge in [-0.05, 0) is 43.9 Å². The molecular formula is C12H16BrClO3S. The first kappa shape index (κ1) is 15.8. The van der Waals surface area contributed by atoms with Gasteiger partial charge < -0.3 is 4.74 Å². The van der Waals surface area contributed by atoms with Gasteiger partial charge in [-0.1, -0.05) is 22.0 Å². The zero-order chi connectivity index (χ0) is 13.6. The van der Waals surface area contributed by atoms with E-state index in [1.807, 2.05) is 25.1 Å². The van der Waals surface area contributed by atoms with Crippen molar-refractivity contribution in [1.82, 2.24) is 0 Å². The van der Waals surface area contributed by atoms with Gasteiger partial charge in [0.2, 0.25) is 9.05 Å². The molecule has 0 aliphatic rings. The van der Waals surface area contributed by atoms with Crippen molar-refractivity contribution in [3.8, 4) is 5.75 Å². The van der Waals surface area contributed by atoms with Gasteiger partial charge >= 0.3 is 0 Å². The van der Waals surface area contributed by atoms with Crippen LogP contribution in [0.3, 0.4) is 0 Å². The highest BCUT2D eigenvalue weighted by molar-refractivity contribution is 9.10. The van der Waals surface area contributed by atoms with Gasteiger partial charge in [0.1, 0.15) is 5.75 Å². The van der Waals surface area contributed by atoms with Crippen molar-refractivity contribution in [2.75, 3.05) is 12.4 Å². The average molecular weight is 356 g/mol. The van der Waals surface area contributed by atoms with E-state index < -0.39 is 9.05 Å². The van der Waals surface area contributed by atoms with Gasteiger partial charge in [-0.2, -0.15) is 0 Å². The van der Waals surface area contributed by atoms with Crippen molar-refractivity contribution >= 4 is 35.7 Å². The highest BCUT2D eigenvalue weighted by Crippen LogP contribution is 2.23. The number of halogens is 2. The Morgan fingerprint density at radius 3 is 2.67 bits per heavy atom. The zero-order valence-electron chi connectivity index (χ0n) is 10.2. The van der Waals surface area contributed by atoms with Crippen LogP contribution >= 0.6 is 26.6 Å². The molecule has 0 saturated carbocycles. The second-order valence-corrected chi connectivity index (χ2v) is 7.87. The maximum Gasteiger partial charge on any atom is 0.232 e. The van der Waals surface area contributed by atoms with Crippen LogP contribution in [0.1, 0.15) is 24.8 Å². The number of unbranched alkanes of at least 4 members (excludes halogenated alkanes) is 2. The van der Waals surface area contributed by atoms with Crippen LogP contribution in [0, 0.1) is 6.92 Å². The van der Waals surface area contributed by atoms with Crippen LogP contribution in [0.2, 0.25) is 0 Å². The fraction of sp³-hybridized carbons (Fsp3) is 0.500. The second kappa shape index (κ2) is 7.36. The van der Waals surface area contributed by atoms with Crippen molar-refractivity contribution in [2.24, 2.45) is 0 Å². The summed E-state index contributed by atoms with van der Waals surface area (Å²) in [6.07, 6.45) is 2.18. The van der Waals surface area contributed by atoms with Gasteiger partial charge in [0, 0.05) is 15.2 Å². The van der Waals surface area contributed by atoms with E-state index in [0.717, 1.165) is 28.6 Å². The molecule has 0 bridgehead atoms. The highest BCUT2D eigenvalue weighted by atomic mass is 79.9. The number of hydrogen-bond acceptors (Lipinski definition) is 3. The SMILES string of the molecule is Cc1ccc(Br)cc1OCCCCCS(=O)(=O)Cl. The Kier molecular flexibility index (Phi) is 6.46. The molecule has 0 aromatic heterocycles. The number of hydrogen-bond donors (Lipinski definition) is 0. The lowest BCUT2D eigenvalue weighted by molar-refractivity contribution is 0.304.